The van der Waals surface area contributed by atoms with Crippen molar-refractivity contribution in [1.29, 1.82) is 0 Å². The molecule has 9 heteroatoms. The summed E-state index contributed by atoms with van der Waals surface area (Å²) in [6, 6.07) is 13.5. The van der Waals surface area contributed by atoms with Crippen LogP contribution in [-0.2, 0) is 15.2 Å². The molecule has 8 rings (SSSR count). The first-order chi connectivity index (χ1) is 16.0. The minimum atomic E-state index is -1.50. The SMILES string of the molecule is O=C1N[C@@H]2c3nc4ccccc4c(=O)n3[C@@H]1C[C@]1(O)c3ccccc3N3C(=O)C4(CC4)N2[C@@H]31. The summed E-state index contributed by atoms with van der Waals surface area (Å²) in [5, 5.41) is 15.7. The van der Waals surface area contributed by atoms with Gasteiger partial charge in [-0.1, -0.05) is 30.3 Å². The summed E-state index contributed by atoms with van der Waals surface area (Å²) < 4.78 is 1.45. The summed E-state index contributed by atoms with van der Waals surface area (Å²) in [6.07, 6.45) is -0.241. The second kappa shape index (κ2) is 5.32. The number of anilines is 1. The van der Waals surface area contributed by atoms with Crippen LogP contribution in [0, 0.1) is 0 Å². The predicted molar refractivity (Wildman–Crippen MR) is 116 cm³/mol. The Balaban J connectivity index is 1.49. The first-order valence-corrected chi connectivity index (χ1v) is 11.2. The van der Waals surface area contributed by atoms with Crippen LogP contribution in [0.1, 0.15) is 42.9 Å². The van der Waals surface area contributed by atoms with Gasteiger partial charge in [0.1, 0.15) is 29.5 Å². The lowest BCUT2D eigenvalue weighted by Crippen LogP contribution is -2.64. The van der Waals surface area contributed by atoms with Crippen molar-refractivity contribution in [2.24, 2.45) is 0 Å². The molecule has 5 aliphatic rings. The molecule has 4 aliphatic heterocycles. The number of hydrogen-bond acceptors (Lipinski definition) is 6. The number of fused-ring (bicyclic) bond motifs is 6. The fourth-order valence-electron chi connectivity index (χ4n) is 6.61. The standard InChI is InChI=1S/C24H19N5O4/c30-19-16-11-24(33)13-6-2-4-8-15(13)28-21(24)29(23(9-10-23)22(28)32)18(26-19)17-25-14-7-3-1-5-12(14)20(31)27(16)17/h1-8,16,18,21,33H,9-11H2,(H,26,30)/t16-,18+,21-,24+/m1/s1. The van der Waals surface area contributed by atoms with Crippen LogP contribution in [0.3, 0.4) is 0 Å². The molecule has 4 atom stereocenters. The van der Waals surface area contributed by atoms with Gasteiger partial charge in [-0.25, -0.2) is 9.88 Å². The molecule has 2 N–H and O–H groups in total. The highest BCUT2D eigenvalue weighted by molar-refractivity contribution is 6.07. The maximum Gasteiger partial charge on any atom is 0.262 e. The van der Waals surface area contributed by atoms with Gasteiger partial charge in [0, 0.05) is 12.0 Å². The van der Waals surface area contributed by atoms with Crippen LogP contribution >= 0.6 is 0 Å². The zero-order chi connectivity index (χ0) is 22.3. The third kappa shape index (κ3) is 1.82. The van der Waals surface area contributed by atoms with Crippen molar-refractivity contribution in [3.05, 3.63) is 70.3 Å². The maximum absolute atomic E-state index is 13.8. The molecule has 1 saturated heterocycles. The lowest BCUT2D eigenvalue weighted by Gasteiger charge is -2.48. The van der Waals surface area contributed by atoms with E-state index in [-0.39, 0.29) is 23.8 Å². The third-order valence-corrected chi connectivity index (χ3v) is 8.16. The summed E-state index contributed by atoms with van der Waals surface area (Å²) in [6.45, 7) is 0. The van der Waals surface area contributed by atoms with Gasteiger partial charge in [0.15, 0.2) is 5.82 Å². The van der Waals surface area contributed by atoms with E-state index < -0.39 is 29.5 Å². The number of aliphatic hydroxyl groups is 1. The van der Waals surface area contributed by atoms with Crippen molar-refractivity contribution in [3.63, 3.8) is 0 Å². The van der Waals surface area contributed by atoms with Crippen LogP contribution in [0.4, 0.5) is 5.69 Å². The molecule has 9 nitrogen and oxygen atoms in total. The number of aromatic nitrogens is 2. The Morgan fingerprint density at radius 3 is 2.61 bits per heavy atom. The van der Waals surface area contributed by atoms with Gasteiger partial charge >= 0.3 is 0 Å². The summed E-state index contributed by atoms with van der Waals surface area (Å²) >= 11 is 0. The largest absolute Gasteiger partial charge is 0.381 e. The van der Waals surface area contributed by atoms with Gasteiger partial charge in [-0.15, -0.1) is 0 Å². The molecule has 2 amide bonds. The molecule has 33 heavy (non-hydrogen) atoms. The summed E-state index contributed by atoms with van der Waals surface area (Å²) in [5.74, 6) is 0.0111. The third-order valence-electron chi connectivity index (χ3n) is 8.16. The lowest BCUT2D eigenvalue weighted by atomic mass is 9.83. The number of carbonyl (C=O) groups excluding carboxylic acids is 2. The first-order valence-electron chi connectivity index (χ1n) is 11.2. The number of para-hydroxylation sites is 2. The highest BCUT2D eigenvalue weighted by Gasteiger charge is 2.75. The molecule has 1 spiro atoms. The highest BCUT2D eigenvalue weighted by Crippen LogP contribution is 2.63. The van der Waals surface area contributed by atoms with E-state index in [1.165, 1.54) is 4.57 Å². The van der Waals surface area contributed by atoms with Gasteiger partial charge in [0.05, 0.1) is 16.6 Å². The van der Waals surface area contributed by atoms with Crippen molar-refractivity contribution in [2.45, 2.75) is 48.8 Å². The maximum atomic E-state index is 13.8. The zero-order valence-electron chi connectivity index (χ0n) is 17.4. The Hall–Kier alpha value is -3.56. The Morgan fingerprint density at radius 1 is 1.03 bits per heavy atom. The molecule has 2 fully saturated rings. The van der Waals surface area contributed by atoms with E-state index in [1.807, 2.05) is 35.2 Å². The quantitative estimate of drug-likeness (QED) is 0.536. The lowest BCUT2D eigenvalue weighted by molar-refractivity contribution is -0.146. The van der Waals surface area contributed by atoms with E-state index in [4.69, 9.17) is 4.98 Å². The number of amides is 2. The predicted octanol–water partition coefficient (Wildman–Crippen LogP) is 0.878. The highest BCUT2D eigenvalue weighted by atomic mass is 16.3. The van der Waals surface area contributed by atoms with E-state index in [2.05, 4.69) is 5.32 Å². The fraction of sp³-hybridized carbons (Fsp3) is 0.333. The van der Waals surface area contributed by atoms with Crippen molar-refractivity contribution < 1.29 is 14.7 Å². The molecule has 1 aromatic heterocycles. The monoisotopic (exact) mass is 441 g/mol. The van der Waals surface area contributed by atoms with Gasteiger partial charge in [-0.3, -0.25) is 23.9 Å². The summed E-state index contributed by atoms with van der Waals surface area (Å²) in [7, 11) is 0. The van der Waals surface area contributed by atoms with Crippen molar-refractivity contribution in [1.82, 2.24) is 19.8 Å². The first kappa shape index (κ1) is 17.9. The second-order valence-corrected chi connectivity index (χ2v) is 9.72. The van der Waals surface area contributed by atoms with E-state index in [0.717, 1.165) is 0 Å². The topological polar surface area (TPSA) is 108 Å². The van der Waals surface area contributed by atoms with Crippen LogP contribution in [0.25, 0.3) is 10.9 Å². The molecule has 1 aliphatic carbocycles. The molecule has 0 radical (unpaired) electrons. The fourth-order valence-corrected chi connectivity index (χ4v) is 6.61. The minimum Gasteiger partial charge on any atom is -0.381 e. The summed E-state index contributed by atoms with van der Waals surface area (Å²) in [4.78, 5) is 49.2. The van der Waals surface area contributed by atoms with E-state index in [9.17, 15) is 19.5 Å². The average Bonchev–Trinajstić information content (AvgIpc) is 3.52. The molecule has 5 heterocycles. The Kier molecular flexibility index (Phi) is 2.89. The van der Waals surface area contributed by atoms with Crippen LogP contribution in [0.15, 0.2) is 53.3 Å². The van der Waals surface area contributed by atoms with Crippen molar-refractivity contribution >= 4 is 28.4 Å². The van der Waals surface area contributed by atoms with Crippen LogP contribution in [0.2, 0.25) is 0 Å². The van der Waals surface area contributed by atoms with Gasteiger partial charge in [0.2, 0.25) is 11.8 Å². The molecular weight excluding hydrogens is 422 g/mol. The molecule has 0 unspecified atom stereocenters. The number of rotatable bonds is 0. The van der Waals surface area contributed by atoms with E-state index in [1.54, 1.807) is 23.1 Å². The number of nitrogens with one attached hydrogen (secondary N) is 1. The number of nitrogens with zero attached hydrogens (tertiary/aromatic N) is 4. The molecular formula is C24H19N5O4. The molecule has 2 aromatic carbocycles. The van der Waals surface area contributed by atoms with E-state index >= 15 is 0 Å². The average molecular weight is 441 g/mol. The Morgan fingerprint density at radius 2 is 1.79 bits per heavy atom. The van der Waals surface area contributed by atoms with Gasteiger partial charge in [-0.2, -0.15) is 0 Å². The minimum absolute atomic E-state index is 0.0312. The number of carbonyl (C=O) groups is 2. The van der Waals surface area contributed by atoms with Crippen molar-refractivity contribution in [3.8, 4) is 0 Å². The van der Waals surface area contributed by atoms with Crippen LogP contribution < -0.4 is 15.8 Å². The van der Waals surface area contributed by atoms with Crippen molar-refractivity contribution in [2.75, 3.05) is 4.90 Å². The smallest absolute Gasteiger partial charge is 0.262 e. The molecule has 3 aromatic rings. The Labute approximate surface area is 187 Å². The van der Waals surface area contributed by atoms with Crippen LogP contribution in [-0.4, -0.2) is 43.1 Å². The normalized spacial score (nSPS) is 32.4. The zero-order valence-corrected chi connectivity index (χ0v) is 17.4. The van der Waals surface area contributed by atoms with Gasteiger partial charge in [0.25, 0.3) is 5.56 Å². The summed E-state index contributed by atoms with van der Waals surface area (Å²) in [5.41, 5.74) is -0.781. The molecule has 1 saturated carbocycles. The second-order valence-electron chi connectivity index (χ2n) is 9.72. The molecule has 2 bridgehead atoms. The molecule has 164 valence electrons. The van der Waals surface area contributed by atoms with Gasteiger partial charge in [-0.05, 0) is 31.0 Å². The van der Waals surface area contributed by atoms with E-state index in [0.29, 0.717) is 40.8 Å². The van der Waals surface area contributed by atoms with Crippen LogP contribution in [0.5, 0.6) is 0 Å². The Bertz CT molecular complexity index is 1510. The van der Waals surface area contributed by atoms with Gasteiger partial charge < -0.3 is 10.4 Å². The number of benzene rings is 2. The number of hydrogen-bond donors (Lipinski definition) is 2.